The molecule has 20 heavy (non-hydrogen) atoms. The summed E-state index contributed by atoms with van der Waals surface area (Å²) in [6.07, 6.45) is 0. The highest BCUT2D eigenvalue weighted by atomic mass is 16.5. The molecule has 0 saturated carbocycles. The van der Waals surface area contributed by atoms with Gasteiger partial charge in [-0.3, -0.25) is 4.90 Å². The van der Waals surface area contributed by atoms with Gasteiger partial charge in [0.2, 0.25) is 0 Å². The van der Waals surface area contributed by atoms with Gasteiger partial charge in [-0.1, -0.05) is 19.1 Å². The Kier molecular flexibility index (Phi) is 5.83. The van der Waals surface area contributed by atoms with Crippen LogP contribution >= 0.6 is 0 Å². The third-order valence-corrected chi connectivity index (χ3v) is 3.99. The molecule has 1 aliphatic heterocycles. The Bertz CT molecular complexity index is 385. The van der Waals surface area contributed by atoms with Gasteiger partial charge in [-0.15, -0.1) is 0 Å². The lowest BCUT2D eigenvalue weighted by atomic mass is 10.1. The van der Waals surface area contributed by atoms with Crippen molar-refractivity contribution in [3.05, 3.63) is 29.8 Å². The molecule has 1 saturated heterocycles. The van der Waals surface area contributed by atoms with E-state index >= 15 is 0 Å². The first-order chi connectivity index (χ1) is 9.72. The van der Waals surface area contributed by atoms with Gasteiger partial charge >= 0.3 is 0 Å². The minimum Gasteiger partial charge on any atom is -0.494 e. The van der Waals surface area contributed by atoms with Gasteiger partial charge in [0.15, 0.2) is 0 Å². The molecule has 2 rings (SSSR count). The smallest absolute Gasteiger partial charge is 0.119 e. The molecule has 1 aromatic carbocycles. The second kappa shape index (κ2) is 7.62. The molecular weight excluding hydrogens is 250 g/mol. The van der Waals surface area contributed by atoms with E-state index in [-0.39, 0.29) is 6.04 Å². The van der Waals surface area contributed by atoms with E-state index in [4.69, 9.17) is 10.5 Å². The minimum absolute atomic E-state index is 0.0823. The van der Waals surface area contributed by atoms with E-state index in [1.165, 1.54) is 5.56 Å². The van der Waals surface area contributed by atoms with Crippen molar-refractivity contribution in [2.45, 2.75) is 19.9 Å². The molecule has 112 valence electrons. The molecule has 0 aliphatic carbocycles. The Morgan fingerprint density at radius 3 is 2.20 bits per heavy atom. The predicted octanol–water partition coefficient (Wildman–Crippen LogP) is 1.72. The van der Waals surface area contributed by atoms with Gasteiger partial charge in [-0.25, -0.2) is 0 Å². The molecule has 1 fully saturated rings. The normalized spacial score (nSPS) is 18.9. The number of rotatable bonds is 6. The second-order valence-electron chi connectivity index (χ2n) is 5.34. The summed E-state index contributed by atoms with van der Waals surface area (Å²) in [5.41, 5.74) is 7.51. The number of benzene rings is 1. The quantitative estimate of drug-likeness (QED) is 0.860. The number of hydrogen-bond donors (Lipinski definition) is 1. The lowest BCUT2D eigenvalue weighted by Gasteiger charge is -2.35. The summed E-state index contributed by atoms with van der Waals surface area (Å²) in [5.74, 6) is 0.917. The first-order valence-electron chi connectivity index (χ1n) is 7.66. The van der Waals surface area contributed by atoms with Crippen LogP contribution in [-0.4, -0.2) is 55.7 Å². The van der Waals surface area contributed by atoms with Gasteiger partial charge in [0.25, 0.3) is 0 Å². The largest absolute Gasteiger partial charge is 0.494 e. The van der Waals surface area contributed by atoms with E-state index in [2.05, 4.69) is 28.9 Å². The van der Waals surface area contributed by atoms with E-state index < -0.39 is 0 Å². The molecule has 0 spiro atoms. The van der Waals surface area contributed by atoms with Crippen LogP contribution in [0.5, 0.6) is 5.75 Å². The molecule has 1 aliphatic rings. The highest BCUT2D eigenvalue weighted by Gasteiger charge is 2.18. The van der Waals surface area contributed by atoms with Crippen LogP contribution in [0.15, 0.2) is 24.3 Å². The standard InChI is InChI=1S/C16H27N3O/c1-3-18-9-11-19(12-10-18)13-16(17)14-5-7-15(8-6-14)20-4-2/h5-8,16H,3-4,9-13,17H2,1-2H3. The fourth-order valence-corrected chi connectivity index (χ4v) is 2.65. The highest BCUT2D eigenvalue weighted by molar-refractivity contribution is 5.29. The van der Waals surface area contributed by atoms with Crippen LogP contribution in [0.1, 0.15) is 25.5 Å². The lowest BCUT2D eigenvalue weighted by Crippen LogP contribution is -2.48. The molecule has 0 aromatic heterocycles. The topological polar surface area (TPSA) is 41.7 Å². The number of nitrogens with zero attached hydrogens (tertiary/aromatic N) is 2. The molecule has 1 unspecified atom stereocenters. The zero-order valence-electron chi connectivity index (χ0n) is 12.7. The Morgan fingerprint density at radius 1 is 1.05 bits per heavy atom. The SMILES string of the molecule is CCOc1ccc(C(N)CN2CCN(CC)CC2)cc1. The first kappa shape index (κ1) is 15.3. The summed E-state index contributed by atoms with van der Waals surface area (Å²) in [6, 6.07) is 8.26. The van der Waals surface area contributed by atoms with Gasteiger partial charge in [-0.2, -0.15) is 0 Å². The van der Waals surface area contributed by atoms with Crippen LogP contribution in [0.4, 0.5) is 0 Å². The average molecular weight is 277 g/mol. The summed E-state index contributed by atoms with van der Waals surface area (Å²) in [5, 5.41) is 0. The van der Waals surface area contributed by atoms with E-state index in [0.29, 0.717) is 6.61 Å². The van der Waals surface area contributed by atoms with E-state index in [0.717, 1.165) is 45.0 Å². The molecule has 0 bridgehead atoms. The van der Waals surface area contributed by atoms with Gasteiger partial charge in [0.05, 0.1) is 6.61 Å². The number of likely N-dealkylation sites (N-methyl/N-ethyl adjacent to an activating group) is 1. The van der Waals surface area contributed by atoms with E-state index in [1.54, 1.807) is 0 Å². The lowest BCUT2D eigenvalue weighted by molar-refractivity contribution is 0.131. The van der Waals surface area contributed by atoms with Crippen molar-refractivity contribution in [1.82, 2.24) is 9.80 Å². The third-order valence-electron chi connectivity index (χ3n) is 3.99. The maximum atomic E-state index is 6.32. The van der Waals surface area contributed by atoms with Crippen LogP contribution in [0, 0.1) is 0 Å². The van der Waals surface area contributed by atoms with Crippen LogP contribution in [0.3, 0.4) is 0 Å². The summed E-state index contributed by atoms with van der Waals surface area (Å²) >= 11 is 0. The molecule has 0 amide bonds. The van der Waals surface area contributed by atoms with E-state index in [9.17, 15) is 0 Å². The van der Waals surface area contributed by atoms with Gasteiger partial charge in [0.1, 0.15) is 5.75 Å². The summed E-state index contributed by atoms with van der Waals surface area (Å²) in [4.78, 5) is 4.95. The van der Waals surface area contributed by atoms with Crippen molar-refractivity contribution in [1.29, 1.82) is 0 Å². The molecule has 2 N–H and O–H groups in total. The van der Waals surface area contributed by atoms with Crippen molar-refractivity contribution in [3.63, 3.8) is 0 Å². The van der Waals surface area contributed by atoms with Crippen molar-refractivity contribution in [2.24, 2.45) is 5.73 Å². The fourth-order valence-electron chi connectivity index (χ4n) is 2.65. The fraction of sp³-hybridized carbons (Fsp3) is 0.625. The third kappa shape index (κ3) is 4.20. The molecule has 1 aromatic rings. The average Bonchev–Trinajstić information content (AvgIpc) is 2.49. The Morgan fingerprint density at radius 2 is 1.65 bits per heavy atom. The number of hydrogen-bond acceptors (Lipinski definition) is 4. The zero-order valence-corrected chi connectivity index (χ0v) is 12.7. The summed E-state index contributed by atoms with van der Waals surface area (Å²) in [7, 11) is 0. The van der Waals surface area contributed by atoms with E-state index in [1.807, 2.05) is 19.1 Å². The van der Waals surface area contributed by atoms with Crippen molar-refractivity contribution < 1.29 is 4.74 Å². The number of piperazine rings is 1. The van der Waals surface area contributed by atoms with Gasteiger partial charge in [0, 0.05) is 38.8 Å². The minimum atomic E-state index is 0.0823. The van der Waals surface area contributed by atoms with Crippen LogP contribution in [0.2, 0.25) is 0 Å². The van der Waals surface area contributed by atoms with Crippen LogP contribution in [-0.2, 0) is 0 Å². The molecule has 4 nitrogen and oxygen atoms in total. The zero-order chi connectivity index (χ0) is 14.4. The number of nitrogens with two attached hydrogens (primary N) is 1. The maximum absolute atomic E-state index is 6.32. The molecular formula is C16H27N3O. The molecule has 0 radical (unpaired) electrons. The van der Waals surface area contributed by atoms with Crippen molar-refractivity contribution >= 4 is 0 Å². The number of ether oxygens (including phenoxy) is 1. The molecule has 1 heterocycles. The summed E-state index contributed by atoms with van der Waals surface area (Å²) < 4.78 is 5.46. The van der Waals surface area contributed by atoms with Gasteiger partial charge < -0.3 is 15.4 Å². The predicted molar refractivity (Wildman–Crippen MR) is 83.1 cm³/mol. The van der Waals surface area contributed by atoms with Crippen molar-refractivity contribution in [3.8, 4) is 5.75 Å². The second-order valence-corrected chi connectivity index (χ2v) is 5.34. The summed E-state index contributed by atoms with van der Waals surface area (Å²) in [6.45, 7) is 11.6. The Hall–Kier alpha value is -1.10. The van der Waals surface area contributed by atoms with Gasteiger partial charge in [-0.05, 0) is 31.2 Å². The molecule has 4 heteroatoms. The molecule has 1 atom stereocenters. The van der Waals surface area contributed by atoms with Crippen LogP contribution < -0.4 is 10.5 Å². The Balaban J connectivity index is 1.83. The maximum Gasteiger partial charge on any atom is 0.119 e. The first-order valence-corrected chi connectivity index (χ1v) is 7.66. The monoisotopic (exact) mass is 277 g/mol. The highest BCUT2D eigenvalue weighted by Crippen LogP contribution is 2.17. The van der Waals surface area contributed by atoms with Crippen molar-refractivity contribution in [2.75, 3.05) is 45.9 Å². The Labute approximate surface area is 122 Å². The van der Waals surface area contributed by atoms with Crippen LogP contribution in [0.25, 0.3) is 0 Å².